The van der Waals surface area contributed by atoms with Crippen LogP contribution in [-0.2, 0) is 11.8 Å². The first-order chi connectivity index (χ1) is 6.43. The van der Waals surface area contributed by atoms with Crippen molar-refractivity contribution in [2.24, 2.45) is 13.0 Å². The molecule has 0 aliphatic rings. The Hall–Kier alpha value is -1.32. The van der Waals surface area contributed by atoms with Crippen molar-refractivity contribution in [3.63, 3.8) is 0 Å². The number of carboxylic acid groups (broad SMARTS) is 1. The maximum Gasteiger partial charge on any atom is 0.312 e. The van der Waals surface area contributed by atoms with E-state index < -0.39 is 11.9 Å². The predicted octanol–water partition coefficient (Wildman–Crippen LogP) is 1.55. The summed E-state index contributed by atoms with van der Waals surface area (Å²) in [5.74, 6) is -0.415. The number of aryl methyl sites for hydroxylation is 2. The summed E-state index contributed by atoms with van der Waals surface area (Å²) in [5, 5.41) is 9.05. The average molecular weight is 196 g/mol. The molecule has 4 nitrogen and oxygen atoms in total. The van der Waals surface area contributed by atoms with Gasteiger partial charge in [-0.1, -0.05) is 13.8 Å². The monoisotopic (exact) mass is 196 g/mol. The van der Waals surface area contributed by atoms with Gasteiger partial charge < -0.3 is 9.67 Å². The molecule has 78 valence electrons. The van der Waals surface area contributed by atoms with Gasteiger partial charge in [0.1, 0.15) is 11.7 Å². The summed E-state index contributed by atoms with van der Waals surface area (Å²) in [6.45, 7) is 5.65. The standard InChI is InChI=1S/C10H16N2O2/c1-6(2)9(10(13)14)8-5-12(4)7(3)11-8/h5-6,9H,1-4H3,(H,13,14). The Labute approximate surface area is 83.6 Å². The highest BCUT2D eigenvalue weighted by atomic mass is 16.4. The van der Waals surface area contributed by atoms with E-state index in [0.717, 1.165) is 5.82 Å². The first-order valence-electron chi connectivity index (χ1n) is 4.66. The van der Waals surface area contributed by atoms with Gasteiger partial charge in [-0.25, -0.2) is 4.98 Å². The molecule has 0 aromatic carbocycles. The van der Waals surface area contributed by atoms with Crippen LogP contribution in [0.2, 0.25) is 0 Å². The van der Waals surface area contributed by atoms with Gasteiger partial charge >= 0.3 is 5.97 Å². The van der Waals surface area contributed by atoms with E-state index in [1.54, 1.807) is 6.20 Å². The first-order valence-corrected chi connectivity index (χ1v) is 4.66. The van der Waals surface area contributed by atoms with Gasteiger partial charge in [0, 0.05) is 13.2 Å². The normalized spacial score (nSPS) is 13.2. The highest BCUT2D eigenvalue weighted by Gasteiger charge is 2.26. The van der Waals surface area contributed by atoms with Crippen LogP contribution in [0.1, 0.15) is 31.3 Å². The number of rotatable bonds is 3. The van der Waals surface area contributed by atoms with E-state index in [4.69, 9.17) is 5.11 Å². The van der Waals surface area contributed by atoms with E-state index in [0.29, 0.717) is 5.69 Å². The molecule has 0 radical (unpaired) electrons. The Morgan fingerprint density at radius 2 is 2.14 bits per heavy atom. The second-order valence-electron chi connectivity index (χ2n) is 3.88. The van der Waals surface area contributed by atoms with Crippen molar-refractivity contribution in [1.82, 2.24) is 9.55 Å². The molecule has 14 heavy (non-hydrogen) atoms. The number of hydrogen-bond donors (Lipinski definition) is 1. The van der Waals surface area contributed by atoms with Crippen LogP contribution in [0, 0.1) is 12.8 Å². The number of carboxylic acids is 1. The molecule has 1 aromatic rings. The molecule has 1 rings (SSSR count). The molecule has 0 aliphatic carbocycles. The lowest BCUT2D eigenvalue weighted by Crippen LogP contribution is -2.17. The maximum atomic E-state index is 11.0. The minimum atomic E-state index is -0.807. The van der Waals surface area contributed by atoms with Crippen molar-refractivity contribution in [3.05, 3.63) is 17.7 Å². The van der Waals surface area contributed by atoms with Gasteiger partial charge in [0.15, 0.2) is 0 Å². The van der Waals surface area contributed by atoms with Crippen LogP contribution in [0.3, 0.4) is 0 Å². The fraction of sp³-hybridized carbons (Fsp3) is 0.600. The van der Waals surface area contributed by atoms with Crippen LogP contribution < -0.4 is 0 Å². The second kappa shape index (κ2) is 3.82. The third-order valence-electron chi connectivity index (χ3n) is 2.38. The Balaban J connectivity index is 3.05. The number of imidazole rings is 1. The predicted molar refractivity (Wildman–Crippen MR) is 53.2 cm³/mol. The van der Waals surface area contributed by atoms with Gasteiger partial charge in [-0.05, 0) is 12.8 Å². The minimum Gasteiger partial charge on any atom is -0.481 e. The summed E-state index contributed by atoms with van der Waals surface area (Å²) < 4.78 is 1.84. The lowest BCUT2D eigenvalue weighted by Gasteiger charge is -2.12. The Bertz CT molecular complexity index is 322. The van der Waals surface area contributed by atoms with Gasteiger partial charge in [0.05, 0.1) is 5.69 Å². The zero-order valence-electron chi connectivity index (χ0n) is 8.98. The van der Waals surface area contributed by atoms with Crippen molar-refractivity contribution in [2.75, 3.05) is 0 Å². The molecule has 0 fully saturated rings. The van der Waals surface area contributed by atoms with Gasteiger partial charge in [-0.15, -0.1) is 0 Å². The quantitative estimate of drug-likeness (QED) is 0.798. The molecular formula is C10H16N2O2. The zero-order chi connectivity index (χ0) is 10.9. The third kappa shape index (κ3) is 1.95. The molecule has 0 saturated carbocycles. The number of hydrogen-bond acceptors (Lipinski definition) is 2. The second-order valence-corrected chi connectivity index (χ2v) is 3.88. The van der Waals surface area contributed by atoms with Gasteiger partial charge in [-0.2, -0.15) is 0 Å². The maximum absolute atomic E-state index is 11.0. The molecule has 0 saturated heterocycles. The van der Waals surface area contributed by atoms with Crippen molar-refractivity contribution < 1.29 is 9.90 Å². The molecular weight excluding hydrogens is 180 g/mol. The Kier molecular flexibility index (Phi) is 2.93. The Morgan fingerprint density at radius 3 is 2.43 bits per heavy atom. The number of aromatic nitrogens is 2. The van der Waals surface area contributed by atoms with Gasteiger partial charge in [0.2, 0.25) is 0 Å². The highest BCUT2D eigenvalue weighted by Crippen LogP contribution is 2.23. The largest absolute Gasteiger partial charge is 0.481 e. The van der Waals surface area contributed by atoms with Crippen LogP contribution >= 0.6 is 0 Å². The number of aliphatic carboxylic acids is 1. The lowest BCUT2D eigenvalue weighted by molar-refractivity contribution is -0.139. The van der Waals surface area contributed by atoms with Crippen LogP contribution in [0.15, 0.2) is 6.20 Å². The van der Waals surface area contributed by atoms with Crippen LogP contribution in [0.5, 0.6) is 0 Å². The molecule has 1 aromatic heterocycles. The smallest absolute Gasteiger partial charge is 0.312 e. The van der Waals surface area contributed by atoms with E-state index in [1.165, 1.54) is 0 Å². The first kappa shape index (κ1) is 10.8. The van der Waals surface area contributed by atoms with Crippen molar-refractivity contribution in [3.8, 4) is 0 Å². The zero-order valence-corrected chi connectivity index (χ0v) is 8.98. The van der Waals surface area contributed by atoms with Crippen LogP contribution in [-0.4, -0.2) is 20.6 Å². The fourth-order valence-electron chi connectivity index (χ4n) is 1.49. The van der Waals surface area contributed by atoms with E-state index in [-0.39, 0.29) is 5.92 Å². The van der Waals surface area contributed by atoms with Crippen LogP contribution in [0.25, 0.3) is 0 Å². The van der Waals surface area contributed by atoms with E-state index in [1.807, 2.05) is 32.4 Å². The minimum absolute atomic E-state index is 0.0572. The number of carbonyl (C=O) groups is 1. The molecule has 1 unspecified atom stereocenters. The summed E-state index contributed by atoms with van der Waals surface area (Å²) in [5.41, 5.74) is 0.646. The van der Waals surface area contributed by atoms with Gasteiger partial charge in [0.25, 0.3) is 0 Å². The molecule has 0 spiro atoms. The van der Waals surface area contributed by atoms with Crippen molar-refractivity contribution in [1.29, 1.82) is 0 Å². The summed E-state index contributed by atoms with van der Waals surface area (Å²) in [6, 6.07) is 0. The molecule has 4 heteroatoms. The SMILES string of the molecule is Cc1nc(C(C(=O)O)C(C)C)cn1C. The van der Waals surface area contributed by atoms with E-state index in [9.17, 15) is 4.79 Å². The summed E-state index contributed by atoms with van der Waals surface area (Å²) in [6.07, 6.45) is 1.79. The van der Waals surface area contributed by atoms with Gasteiger partial charge in [-0.3, -0.25) is 4.79 Å². The Morgan fingerprint density at radius 1 is 1.57 bits per heavy atom. The molecule has 1 heterocycles. The molecule has 0 amide bonds. The highest BCUT2D eigenvalue weighted by molar-refractivity contribution is 5.75. The summed E-state index contributed by atoms with van der Waals surface area (Å²) in [7, 11) is 1.87. The average Bonchev–Trinajstić information content (AvgIpc) is 2.29. The lowest BCUT2D eigenvalue weighted by atomic mass is 9.93. The van der Waals surface area contributed by atoms with E-state index >= 15 is 0 Å². The topological polar surface area (TPSA) is 55.1 Å². The van der Waals surface area contributed by atoms with Crippen LogP contribution in [0.4, 0.5) is 0 Å². The summed E-state index contributed by atoms with van der Waals surface area (Å²) in [4.78, 5) is 15.2. The molecule has 0 aliphatic heterocycles. The van der Waals surface area contributed by atoms with E-state index in [2.05, 4.69) is 4.98 Å². The van der Waals surface area contributed by atoms with Crippen molar-refractivity contribution >= 4 is 5.97 Å². The molecule has 1 N–H and O–H groups in total. The molecule has 1 atom stereocenters. The number of nitrogens with zero attached hydrogens (tertiary/aromatic N) is 2. The summed E-state index contributed by atoms with van der Waals surface area (Å²) >= 11 is 0. The van der Waals surface area contributed by atoms with Crippen molar-refractivity contribution in [2.45, 2.75) is 26.7 Å². The third-order valence-corrected chi connectivity index (χ3v) is 2.38. The molecule has 0 bridgehead atoms. The fourth-order valence-corrected chi connectivity index (χ4v) is 1.49.